The number of nitrogens with one attached hydrogen (secondary N) is 1. The van der Waals surface area contributed by atoms with Crippen molar-refractivity contribution in [2.75, 3.05) is 29.9 Å². The summed E-state index contributed by atoms with van der Waals surface area (Å²) in [5.41, 5.74) is 0. The molecule has 5 nitrogen and oxygen atoms in total. The van der Waals surface area contributed by atoms with Gasteiger partial charge in [0.1, 0.15) is 0 Å². The van der Waals surface area contributed by atoms with Gasteiger partial charge in [0.15, 0.2) is 0 Å². The molecule has 0 unspecified atom stereocenters. The first kappa shape index (κ1) is 15.2. The van der Waals surface area contributed by atoms with Crippen molar-refractivity contribution >= 4 is 17.8 Å². The number of aromatic nitrogens is 2. The molecule has 0 radical (unpaired) electrons. The van der Waals surface area contributed by atoms with E-state index in [1.165, 1.54) is 50.3 Å². The zero-order valence-corrected chi connectivity index (χ0v) is 13.7. The largest absolute Gasteiger partial charge is 0.408 e. The summed E-state index contributed by atoms with van der Waals surface area (Å²) in [6.07, 6.45) is 7.00. The van der Waals surface area contributed by atoms with Gasteiger partial charge >= 0.3 is 6.01 Å². The van der Waals surface area contributed by atoms with Crippen LogP contribution in [-0.4, -0.2) is 51.8 Å². The first-order valence-corrected chi connectivity index (χ1v) is 9.41. The zero-order chi connectivity index (χ0) is 14.5. The number of hydrogen-bond donors (Lipinski definition) is 1. The fourth-order valence-corrected chi connectivity index (χ4v) is 4.34. The van der Waals surface area contributed by atoms with Crippen molar-refractivity contribution in [3.63, 3.8) is 0 Å². The first-order chi connectivity index (χ1) is 10.3. The predicted octanol–water partition coefficient (Wildman–Crippen LogP) is 2.79. The average Bonchev–Trinajstić information content (AvgIpc) is 2.97. The van der Waals surface area contributed by atoms with E-state index in [0.717, 1.165) is 24.8 Å². The quantitative estimate of drug-likeness (QED) is 0.902. The maximum Gasteiger partial charge on any atom is 0.315 e. The van der Waals surface area contributed by atoms with Gasteiger partial charge in [0.2, 0.25) is 5.89 Å². The SMILES string of the molecule is CCCc1nnc(NC2CCN(C3CCSCC3)CC2)o1. The monoisotopic (exact) mass is 310 g/mol. The van der Waals surface area contributed by atoms with E-state index in [-0.39, 0.29) is 0 Å². The normalized spacial score (nSPS) is 22.5. The van der Waals surface area contributed by atoms with Crippen LogP contribution < -0.4 is 5.32 Å². The number of nitrogens with zero attached hydrogens (tertiary/aromatic N) is 3. The van der Waals surface area contributed by atoms with Gasteiger partial charge in [-0.1, -0.05) is 12.0 Å². The topological polar surface area (TPSA) is 54.2 Å². The Morgan fingerprint density at radius 3 is 2.67 bits per heavy atom. The zero-order valence-electron chi connectivity index (χ0n) is 12.9. The smallest absolute Gasteiger partial charge is 0.315 e. The third-order valence-electron chi connectivity index (χ3n) is 4.50. The Balaban J connectivity index is 1.44. The van der Waals surface area contributed by atoms with Gasteiger partial charge in [-0.25, -0.2) is 0 Å². The molecule has 1 aromatic heterocycles. The summed E-state index contributed by atoms with van der Waals surface area (Å²) < 4.78 is 5.62. The second-order valence-corrected chi connectivity index (χ2v) is 7.27. The van der Waals surface area contributed by atoms with Gasteiger partial charge in [-0.05, 0) is 43.6 Å². The summed E-state index contributed by atoms with van der Waals surface area (Å²) in [4.78, 5) is 2.69. The molecule has 0 aliphatic carbocycles. The van der Waals surface area contributed by atoms with Crippen molar-refractivity contribution in [2.45, 2.75) is 57.5 Å². The minimum Gasteiger partial charge on any atom is -0.408 e. The van der Waals surface area contributed by atoms with Crippen molar-refractivity contribution in [2.24, 2.45) is 0 Å². The van der Waals surface area contributed by atoms with Gasteiger partial charge in [0, 0.05) is 31.6 Å². The van der Waals surface area contributed by atoms with Crippen molar-refractivity contribution in [1.82, 2.24) is 15.1 Å². The van der Waals surface area contributed by atoms with Crippen LogP contribution in [0.25, 0.3) is 0 Å². The van der Waals surface area contributed by atoms with Crippen LogP contribution in [-0.2, 0) is 6.42 Å². The van der Waals surface area contributed by atoms with Crippen LogP contribution in [0.3, 0.4) is 0 Å². The molecular formula is C15H26N4OS. The fraction of sp³-hybridized carbons (Fsp3) is 0.867. The van der Waals surface area contributed by atoms with Crippen LogP contribution in [0.15, 0.2) is 4.42 Å². The molecule has 118 valence electrons. The highest BCUT2D eigenvalue weighted by molar-refractivity contribution is 7.99. The lowest BCUT2D eigenvalue weighted by atomic mass is 10.0. The fourth-order valence-electron chi connectivity index (χ4n) is 3.26. The predicted molar refractivity (Wildman–Crippen MR) is 86.9 cm³/mol. The number of thioether (sulfide) groups is 1. The molecule has 6 heteroatoms. The van der Waals surface area contributed by atoms with E-state index in [0.29, 0.717) is 12.1 Å². The summed E-state index contributed by atoms with van der Waals surface area (Å²) in [7, 11) is 0. The first-order valence-electron chi connectivity index (χ1n) is 8.26. The number of aryl methyl sites for hydroxylation is 1. The minimum absolute atomic E-state index is 0.481. The van der Waals surface area contributed by atoms with Crippen molar-refractivity contribution in [3.8, 4) is 0 Å². The summed E-state index contributed by atoms with van der Waals surface area (Å²) in [5.74, 6) is 3.42. The molecule has 0 bridgehead atoms. The lowest BCUT2D eigenvalue weighted by Crippen LogP contribution is -2.45. The number of hydrogen-bond acceptors (Lipinski definition) is 6. The molecule has 2 saturated heterocycles. The van der Waals surface area contributed by atoms with Crippen molar-refractivity contribution in [3.05, 3.63) is 5.89 Å². The van der Waals surface area contributed by atoms with E-state index in [4.69, 9.17) is 4.42 Å². The highest BCUT2D eigenvalue weighted by atomic mass is 32.2. The highest BCUT2D eigenvalue weighted by Crippen LogP contribution is 2.25. The summed E-state index contributed by atoms with van der Waals surface area (Å²) in [5, 5.41) is 11.6. The molecule has 3 heterocycles. The molecule has 2 aliphatic rings. The van der Waals surface area contributed by atoms with Gasteiger partial charge in [-0.2, -0.15) is 11.8 Å². The van der Waals surface area contributed by atoms with E-state index in [1.54, 1.807) is 0 Å². The van der Waals surface area contributed by atoms with Crippen LogP contribution in [0.1, 0.15) is 44.9 Å². The maximum absolute atomic E-state index is 5.62. The van der Waals surface area contributed by atoms with Gasteiger partial charge in [-0.15, -0.1) is 5.10 Å². The molecule has 2 aliphatic heterocycles. The lowest BCUT2D eigenvalue weighted by Gasteiger charge is -2.39. The molecule has 0 atom stereocenters. The Hall–Kier alpha value is -0.750. The number of anilines is 1. The number of piperidine rings is 1. The van der Waals surface area contributed by atoms with Crippen molar-refractivity contribution < 1.29 is 4.42 Å². The van der Waals surface area contributed by atoms with Gasteiger partial charge in [0.05, 0.1) is 0 Å². The van der Waals surface area contributed by atoms with Crippen molar-refractivity contribution in [1.29, 1.82) is 0 Å². The molecule has 0 saturated carbocycles. The van der Waals surface area contributed by atoms with Crippen LogP contribution in [0.2, 0.25) is 0 Å². The van der Waals surface area contributed by atoms with Crippen LogP contribution in [0, 0.1) is 0 Å². The Bertz CT molecular complexity index is 425. The third-order valence-corrected chi connectivity index (χ3v) is 5.54. The lowest BCUT2D eigenvalue weighted by molar-refractivity contribution is 0.148. The van der Waals surface area contributed by atoms with E-state index in [1.807, 2.05) is 0 Å². The molecule has 1 aromatic rings. The number of likely N-dealkylation sites (tertiary alicyclic amines) is 1. The Labute approximate surface area is 131 Å². The van der Waals surface area contributed by atoms with Crippen LogP contribution >= 0.6 is 11.8 Å². The van der Waals surface area contributed by atoms with Crippen LogP contribution in [0.4, 0.5) is 6.01 Å². The molecule has 0 aromatic carbocycles. The molecular weight excluding hydrogens is 284 g/mol. The Morgan fingerprint density at radius 1 is 1.19 bits per heavy atom. The molecule has 0 amide bonds. The number of rotatable bonds is 5. The van der Waals surface area contributed by atoms with Gasteiger partial charge < -0.3 is 14.6 Å². The summed E-state index contributed by atoms with van der Waals surface area (Å²) in [6.45, 7) is 4.52. The molecule has 3 rings (SSSR count). The van der Waals surface area contributed by atoms with E-state index < -0.39 is 0 Å². The van der Waals surface area contributed by atoms with E-state index in [2.05, 4.69) is 39.1 Å². The highest BCUT2D eigenvalue weighted by Gasteiger charge is 2.26. The summed E-state index contributed by atoms with van der Waals surface area (Å²) in [6, 6.07) is 1.91. The van der Waals surface area contributed by atoms with E-state index in [9.17, 15) is 0 Å². The standard InChI is InChI=1S/C15H26N4OS/c1-2-3-14-17-18-15(20-14)16-12-4-8-19(9-5-12)13-6-10-21-11-7-13/h12-13H,2-11H2,1H3,(H,16,18). The second kappa shape index (κ2) is 7.49. The molecule has 0 spiro atoms. The minimum atomic E-state index is 0.481. The van der Waals surface area contributed by atoms with Crippen LogP contribution in [0.5, 0.6) is 0 Å². The maximum atomic E-state index is 5.62. The average molecular weight is 310 g/mol. The molecule has 1 N–H and O–H groups in total. The van der Waals surface area contributed by atoms with Gasteiger partial charge in [-0.3, -0.25) is 0 Å². The Kier molecular flexibility index (Phi) is 5.41. The summed E-state index contributed by atoms with van der Waals surface area (Å²) >= 11 is 2.10. The van der Waals surface area contributed by atoms with E-state index >= 15 is 0 Å². The third kappa shape index (κ3) is 4.13. The molecule has 2 fully saturated rings. The second-order valence-electron chi connectivity index (χ2n) is 6.05. The Morgan fingerprint density at radius 2 is 1.95 bits per heavy atom. The van der Waals surface area contributed by atoms with Gasteiger partial charge in [0.25, 0.3) is 0 Å². The molecule has 21 heavy (non-hydrogen) atoms.